The van der Waals surface area contributed by atoms with Crippen LogP contribution in [0.3, 0.4) is 0 Å². The summed E-state index contributed by atoms with van der Waals surface area (Å²) in [5.41, 5.74) is 0. The Morgan fingerprint density at radius 1 is 1.41 bits per heavy atom. The van der Waals surface area contributed by atoms with Crippen molar-refractivity contribution in [3.8, 4) is 5.75 Å². The molecule has 0 saturated heterocycles. The van der Waals surface area contributed by atoms with Crippen molar-refractivity contribution in [3.63, 3.8) is 0 Å². The summed E-state index contributed by atoms with van der Waals surface area (Å²) >= 11 is 3.12. The molecule has 0 fully saturated rings. The minimum atomic E-state index is -0.655. The summed E-state index contributed by atoms with van der Waals surface area (Å²) in [6.07, 6.45) is 1.51. The van der Waals surface area contributed by atoms with Crippen molar-refractivity contribution in [1.82, 2.24) is 0 Å². The van der Waals surface area contributed by atoms with E-state index < -0.39 is 5.79 Å². The fourth-order valence-corrected chi connectivity index (χ4v) is 1.76. The molecular weight excluding hydrogens is 291 g/mol. The van der Waals surface area contributed by atoms with Gasteiger partial charge in [0, 0.05) is 13.8 Å². The SMILES string of the molecule is CC1(C)OC=C(COc2cccc(F)c2Br)O1. The molecule has 2 rings (SSSR count). The summed E-state index contributed by atoms with van der Waals surface area (Å²) in [6, 6.07) is 4.61. The molecule has 0 saturated carbocycles. The lowest BCUT2D eigenvalue weighted by Gasteiger charge is -2.18. The lowest BCUT2D eigenvalue weighted by atomic mass is 10.3. The minimum Gasteiger partial charge on any atom is -0.484 e. The number of halogens is 2. The average Bonchev–Trinajstić information content (AvgIpc) is 2.61. The molecule has 5 heteroatoms. The normalized spacial score (nSPS) is 17.1. The van der Waals surface area contributed by atoms with E-state index in [1.165, 1.54) is 12.3 Å². The van der Waals surface area contributed by atoms with Gasteiger partial charge in [0.15, 0.2) is 5.76 Å². The average molecular weight is 303 g/mol. The highest BCUT2D eigenvalue weighted by Gasteiger charge is 2.27. The fourth-order valence-electron chi connectivity index (χ4n) is 1.38. The van der Waals surface area contributed by atoms with Gasteiger partial charge in [-0.15, -0.1) is 0 Å². The molecule has 17 heavy (non-hydrogen) atoms. The first-order valence-electron chi connectivity index (χ1n) is 5.11. The predicted molar refractivity (Wildman–Crippen MR) is 63.9 cm³/mol. The molecule has 0 atom stereocenters. The molecule has 1 aromatic rings. The Kier molecular flexibility index (Phi) is 3.28. The molecule has 0 N–H and O–H groups in total. The molecule has 92 valence electrons. The van der Waals surface area contributed by atoms with Crippen LogP contribution in [0.25, 0.3) is 0 Å². The van der Waals surface area contributed by atoms with Gasteiger partial charge in [-0.1, -0.05) is 6.07 Å². The summed E-state index contributed by atoms with van der Waals surface area (Å²) in [4.78, 5) is 0. The van der Waals surface area contributed by atoms with Crippen LogP contribution in [0.15, 0.2) is 34.7 Å². The summed E-state index contributed by atoms with van der Waals surface area (Å²) in [7, 11) is 0. The van der Waals surface area contributed by atoms with E-state index in [-0.39, 0.29) is 12.4 Å². The lowest BCUT2D eigenvalue weighted by Crippen LogP contribution is -2.21. The van der Waals surface area contributed by atoms with Gasteiger partial charge in [0.1, 0.15) is 24.4 Å². The van der Waals surface area contributed by atoms with Crippen molar-refractivity contribution in [1.29, 1.82) is 0 Å². The third kappa shape index (κ3) is 2.91. The molecule has 1 aliphatic heterocycles. The van der Waals surface area contributed by atoms with Crippen molar-refractivity contribution in [2.45, 2.75) is 19.6 Å². The van der Waals surface area contributed by atoms with Crippen LogP contribution in [0.2, 0.25) is 0 Å². The van der Waals surface area contributed by atoms with Crippen LogP contribution < -0.4 is 4.74 Å². The smallest absolute Gasteiger partial charge is 0.244 e. The molecule has 0 amide bonds. The topological polar surface area (TPSA) is 27.7 Å². The zero-order valence-electron chi connectivity index (χ0n) is 9.50. The molecule has 3 nitrogen and oxygen atoms in total. The number of hydrogen-bond acceptors (Lipinski definition) is 3. The maximum absolute atomic E-state index is 13.2. The molecule has 0 bridgehead atoms. The van der Waals surface area contributed by atoms with Crippen LogP contribution in [0.5, 0.6) is 5.75 Å². The highest BCUT2D eigenvalue weighted by molar-refractivity contribution is 9.10. The Balaban J connectivity index is 1.97. The van der Waals surface area contributed by atoms with E-state index in [1.807, 2.05) is 0 Å². The van der Waals surface area contributed by atoms with Crippen molar-refractivity contribution < 1.29 is 18.6 Å². The van der Waals surface area contributed by atoms with Crippen LogP contribution in [0.1, 0.15) is 13.8 Å². The second-order valence-electron chi connectivity index (χ2n) is 4.04. The molecule has 1 aliphatic rings. The zero-order valence-corrected chi connectivity index (χ0v) is 11.1. The Labute approximate surface area is 107 Å². The van der Waals surface area contributed by atoms with Crippen molar-refractivity contribution in [3.05, 3.63) is 40.5 Å². The third-order valence-corrected chi connectivity index (χ3v) is 2.91. The highest BCUT2D eigenvalue weighted by atomic mass is 79.9. The van der Waals surface area contributed by atoms with Crippen LogP contribution in [0, 0.1) is 5.82 Å². The fraction of sp³-hybridized carbons (Fsp3) is 0.333. The van der Waals surface area contributed by atoms with Gasteiger partial charge in [0.25, 0.3) is 0 Å². The molecule has 0 aliphatic carbocycles. The Bertz CT molecular complexity index is 457. The Hall–Kier alpha value is -1.23. The maximum Gasteiger partial charge on any atom is 0.244 e. The summed E-state index contributed by atoms with van der Waals surface area (Å²) in [6.45, 7) is 3.80. The highest BCUT2D eigenvalue weighted by Crippen LogP contribution is 2.29. The van der Waals surface area contributed by atoms with Crippen LogP contribution in [0.4, 0.5) is 4.39 Å². The molecule has 1 aromatic carbocycles. The third-order valence-electron chi connectivity index (χ3n) is 2.14. The minimum absolute atomic E-state index is 0.200. The number of ether oxygens (including phenoxy) is 3. The largest absolute Gasteiger partial charge is 0.484 e. The number of hydrogen-bond donors (Lipinski definition) is 0. The quantitative estimate of drug-likeness (QED) is 0.854. The van der Waals surface area contributed by atoms with Gasteiger partial charge in [-0.05, 0) is 28.1 Å². The zero-order chi connectivity index (χ0) is 12.5. The van der Waals surface area contributed by atoms with E-state index in [9.17, 15) is 4.39 Å². The molecule has 0 spiro atoms. The van der Waals surface area contributed by atoms with Crippen LogP contribution in [-0.4, -0.2) is 12.4 Å². The summed E-state index contributed by atoms with van der Waals surface area (Å²) in [5.74, 6) is -0.0107. The van der Waals surface area contributed by atoms with E-state index in [1.54, 1.807) is 26.0 Å². The molecule has 0 unspecified atom stereocenters. The van der Waals surface area contributed by atoms with Crippen molar-refractivity contribution in [2.24, 2.45) is 0 Å². The maximum atomic E-state index is 13.2. The van der Waals surface area contributed by atoms with E-state index in [2.05, 4.69) is 15.9 Å². The van der Waals surface area contributed by atoms with Gasteiger partial charge >= 0.3 is 0 Å². The van der Waals surface area contributed by atoms with E-state index >= 15 is 0 Å². The first kappa shape index (κ1) is 12.2. The second-order valence-corrected chi connectivity index (χ2v) is 4.84. The number of benzene rings is 1. The van der Waals surface area contributed by atoms with Crippen molar-refractivity contribution >= 4 is 15.9 Å². The van der Waals surface area contributed by atoms with Crippen LogP contribution >= 0.6 is 15.9 Å². The van der Waals surface area contributed by atoms with Gasteiger partial charge in [-0.2, -0.15) is 0 Å². The predicted octanol–water partition coefficient (Wildman–Crippen LogP) is 3.59. The first-order chi connectivity index (χ1) is 7.98. The monoisotopic (exact) mass is 302 g/mol. The second kappa shape index (κ2) is 4.56. The molecule has 1 heterocycles. The van der Waals surface area contributed by atoms with E-state index in [0.29, 0.717) is 16.0 Å². The van der Waals surface area contributed by atoms with Gasteiger partial charge in [-0.25, -0.2) is 4.39 Å². The molecule has 0 radical (unpaired) electrons. The summed E-state index contributed by atoms with van der Waals surface area (Å²) in [5, 5.41) is 0. The van der Waals surface area contributed by atoms with E-state index in [4.69, 9.17) is 14.2 Å². The van der Waals surface area contributed by atoms with Gasteiger partial charge in [-0.3, -0.25) is 0 Å². The van der Waals surface area contributed by atoms with E-state index in [0.717, 1.165) is 0 Å². The summed E-state index contributed by atoms with van der Waals surface area (Å²) < 4.78 is 29.6. The first-order valence-corrected chi connectivity index (χ1v) is 5.90. The van der Waals surface area contributed by atoms with Gasteiger partial charge in [0.05, 0.1) is 4.47 Å². The molecular formula is C12H12BrFO3. The Morgan fingerprint density at radius 3 is 2.82 bits per heavy atom. The van der Waals surface area contributed by atoms with Gasteiger partial charge in [0.2, 0.25) is 5.79 Å². The lowest BCUT2D eigenvalue weighted by molar-refractivity contribution is -0.119. The van der Waals surface area contributed by atoms with Gasteiger partial charge < -0.3 is 14.2 Å². The van der Waals surface area contributed by atoms with Crippen molar-refractivity contribution in [2.75, 3.05) is 6.61 Å². The standard InChI is InChI=1S/C12H12BrFO3/c1-12(2)16-7-8(17-12)6-15-10-5-3-4-9(14)11(10)13/h3-5,7H,6H2,1-2H3. The number of rotatable bonds is 3. The van der Waals surface area contributed by atoms with Crippen LogP contribution in [-0.2, 0) is 9.47 Å². The molecule has 0 aromatic heterocycles. The Morgan fingerprint density at radius 2 is 2.18 bits per heavy atom.